The molecular formula is C19H30N4O7S2. The van der Waals surface area contributed by atoms with Gasteiger partial charge in [-0.3, -0.25) is 4.79 Å². The maximum absolute atomic E-state index is 13.0. The van der Waals surface area contributed by atoms with Crippen molar-refractivity contribution in [3.05, 3.63) is 23.8 Å². The van der Waals surface area contributed by atoms with Crippen LogP contribution in [0, 0.1) is 0 Å². The Kier molecular flexibility index (Phi) is 8.11. The zero-order chi connectivity index (χ0) is 23.4. The first-order chi connectivity index (χ1) is 15.1. The normalized spacial score (nSPS) is 18.7. The number of benzene rings is 1. The molecule has 0 spiro atoms. The van der Waals surface area contributed by atoms with Gasteiger partial charge >= 0.3 is 0 Å². The number of amides is 1. The maximum Gasteiger partial charge on any atom is 0.253 e. The molecule has 0 aromatic heterocycles. The fourth-order valence-corrected chi connectivity index (χ4v) is 5.74. The zero-order valence-corrected chi connectivity index (χ0v) is 20.0. The van der Waals surface area contributed by atoms with Crippen molar-refractivity contribution in [1.82, 2.24) is 13.9 Å². The highest BCUT2D eigenvalue weighted by molar-refractivity contribution is 7.89. The van der Waals surface area contributed by atoms with Gasteiger partial charge in [-0.2, -0.15) is 4.31 Å². The number of carbonyl (C=O) groups is 1. The lowest BCUT2D eigenvalue weighted by Crippen LogP contribution is -2.44. The molecule has 32 heavy (non-hydrogen) atoms. The molecule has 2 aliphatic rings. The molecule has 13 heteroatoms. The van der Waals surface area contributed by atoms with Crippen LogP contribution in [0.1, 0.15) is 10.4 Å². The molecule has 0 radical (unpaired) electrons. The number of morpholine rings is 2. The maximum atomic E-state index is 13.0. The molecule has 2 aliphatic heterocycles. The Bertz CT molecular complexity index is 1020. The highest BCUT2D eigenvalue weighted by Crippen LogP contribution is 2.26. The number of sulfonamides is 2. The molecule has 3 rings (SSSR count). The summed E-state index contributed by atoms with van der Waals surface area (Å²) in [7, 11) is -4.43. The highest BCUT2D eigenvalue weighted by atomic mass is 32.2. The van der Waals surface area contributed by atoms with Gasteiger partial charge in [0.1, 0.15) is 0 Å². The highest BCUT2D eigenvalue weighted by Gasteiger charge is 2.26. The number of hydrogen-bond donors (Lipinski definition) is 1. The molecule has 0 unspecified atom stereocenters. The molecule has 2 saturated heterocycles. The number of nitrogens with zero attached hydrogens (tertiary/aromatic N) is 3. The molecule has 1 N–H and O–H groups in total. The summed E-state index contributed by atoms with van der Waals surface area (Å²) >= 11 is 0. The van der Waals surface area contributed by atoms with Crippen molar-refractivity contribution in [2.45, 2.75) is 4.90 Å². The number of ether oxygens (including phenoxy) is 2. The molecule has 0 bridgehead atoms. The molecule has 2 fully saturated rings. The van der Waals surface area contributed by atoms with E-state index in [4.69, 9.17) is 9.47 Å². The lowest BCUT2D eigenvalue weighted by Gasteiger charge is -2.30. The van der Waals surface area contributed by atoms with E-state index in [1.165, 1.54) is 30.5 Å². The summed E-state index contributed by atoms with van der Waals surface area (Å²) in [5.74, 6) is -0.777. The van der Waals surface area contributed by atoms with Gasteiger partial charge in [-0.25, -0.2) is 21.1 Å². The van der Waals surface area contributed by atoms with Crippen LogP contribution >= 0.6 is 0 Å². The molecular weight excluding hydrogens is 460 g/mol. The van der Waals surface area contributed by atoms with Gasteiger partial charge in [-0.05, 0) is 18.2 Å². The Balaban J connectivity index is 1.79. The quantitative estimate of drug-likeness (QED) is 0.500. The Morgan fingerprint density at radius 3 is 2.19 bits per heavy atom. The van der Waals surface area contributed by atoms with Crippen molar-refractivity contribution >= 4 is 31.6 Å². The monoisotopic (exact) mass is 490 g/mol. The van der Waals surface area contributed by atoms with E-state index in [2.05, 4.69) is 5.32 Å². The van der Waals surface area contributed by atoms with Gasteiger partial charge in [-0.15, -0.1) is 0 Å². The number of hydrogen-bond acceptors (Lipinski definition) is 8. The number of nitrogens with one attached hydrogen (secondary N) is 1. The van der Waals surface area contributed by atoms with Crippen LogP contribution in [-0.4, -0.2) is 110 Å². The summed E-state index contributed by atoms with van der Waals surface area (Å²) in [6, 6.07) is 4.42. The third kappa shape index (κ3) is 5.77. The minimum absolute atomic E-state index is 0.00871. The van der Waals surface area contributed by atoms with E-state index < -0.39 is 26.0 Å². The third-order valence-electron chi connectivity index (χ3n) is 5.35. The third-order valence-corrected chi connectivity index (χ3v) is 9.04. The Morgan fingerprint density at radius 2 is 1.59 bits per heavy atom. The van der Waals surface area contributed by atoms with Crippen LogP contribution < -0.4 is 10.2 Å². The van der Waals surface area contributed by atoms with Crippen molar-refractivity contribution in [3.8, 4) is 0 Å². The van der Waals surface area contributed by atoms with Crippen LogP contribution in [0.2, 0.25) is 0 Å². The topological polar surface area (TPSA) is 126 Å². The van der Waals surface area contributed by atoms with Crippen molar-refractivity contribution in [2.75, 3.05) is 83.9 Å². The lowest BCUT2D eigenvalue weighted by molar-refractivity contribution is 0.0730. The van der Waals surface area contributed by atoms with Crippen LogP contribution in [0.15, 0.2) is 23.1 Å². The van der Waals surface area contributed by atoms with E-state index in [-0.39, 0.29) is 22.8 Å². The smallest absolute Gasteiger partial charge is 0.253 e. The predicted molar refractivity (Wildman–Crippen MR) is 119 cm³/mol. The second-order valence-corrected chi connectivity index (χ2v) is 11.9. The summed E-state index contributed by atoms with van der Waals surface area (Å²) in [4.78, 5) is 15.0. The molecule has 11 nitrogen and oxygen atoms in total. The van der Waals surface area contributed by atoms with E-state index in [1.54, 1.807) is 6.07 Å². The first-order valence-corrected chi connectivity index (χ1v) is 13.4. The Hall–Kier alpha value is -1.77. The van der Waals surface area contributed by atoms with Crippen LogP contribution in [0.3, 0.4) is 0 Å². The molecule has 2 heterocycles. The molecule has 1 amide bonds. The minimum Gasteiger partial charge on any atom is -0.379 e. The van der Waals surface area contributed by atoms with Gasteiger partial charge in [-0.1, -0.05) is 0 Å². The molecule has 0 atom stereocenters. The average molecular weight is 491 g/mol. The van der Waals surface area contributed by atoms with E-state index >= 15 is 0 Å². The Labute approximate surface area is 189 Å². The summed E-state index contributed by atoms with van der Waals surface area (Å²) < 4.78 is 63.1. The predicted octanol–water partition coefficient (Wildman–Crippen LogP) is -0.835. The summed E-state index contributed by atoms with van der Waals surface area (Å²) in [6.45, 7) is 3.31. The average Bonchev–Trinajstić information content (AvgIpc) is 2.79. The largest absolute Gasteiger partial charge is 0.379 e. The zero-order valence-electron chi connectivity index (χ0n) is 18.3. The van der Waals surface area contributed by atoms with Crippen LogP contribution in [0.4, 0.5) is 5.69 Å². The van der Waals surface area contributed by atoms with Gasteiger partial charge in [0.2, 0.25) is 20.0 Å². The first kappa shape index (κ1) is 24.9. The van der Waals surface area contributed by atoms with E-state index in [0.717, 1.165) is 4.31 Å². The van der Waals surface area contributed by atoms with Crippen LogP contribution in [0.5, 0.6) is 0 Å². The van der Waals surface area contributed by atoms with Crippen molar-refractivity contribution < 1.29 is 31.1 Å². The SMILES string of the molecule is CN(C)S(=O)(=O)c1ccc(N2CCOCC2)c(C(=O)NCCS(=O)(=O)N2CCOCC2)c1. The van der Waals surface area contributed by atoms with E-state index in [9.17, 15) is 21.6 Å². The Morgan fingerprint density at radius 1 is 1.00 bits per heavy atom. The van der Waals surface area contributed by atoms with Crippen molar-refractivity contribution in [3.63, 3.8) is 0 Å². The van der Waals surface area contributed by atoms with E-state index in [0.29, 0.717) is 58.3 Å². The van der Waals surface area contributed by atoms with Gasteiger partial charge in [0.15, 0.2) is 0 Å². The fraction of sp³-hybridized carbons (Fsp3) is 0.632. The summed E-state index contributed by atoms with van der Waals surface area (Å²) in [6.07, 6.45) is 0. The first-order valence-electron chi connectivity index (χ1n) is 10.4. The standard InChI is InChI=1S/C19H30N4O7S2/c1-21(2)32(27,28)16-3-4-18(22-6-10-29-11-7-22)17(15-16)19(24)20-5-14-31(25,26)23-8-12-30-13-9-23/h3-4,15H,5-14H2,1-2H3,(H,20,24). The lowest BCUT2D eigenvalue weighted by atomic mass is 10.1. The fourth-order valence-electron chi connectivity index (χ4n) is 3.49. The van der Waals surface area contributed by atoms with Gasteiger partial charge < -0.3 is 19.7 Å². The number of anilines is 1. The second-order valence-electron chi connectivity index (χ2n) is 7.65. The molecule has 0 aliphatic carbocycles. The molecule has 1 aromatic rings. The van der Waals surface area contributed by atoms with Gasteiger partial charge in [0.25, 0.3) is 5.91 Å². The molecule has 1 aromatic carbocycles. The van der Waals surface area contributed by atoms with Crippen LogP contribution in [-0.2, 0) is 29.5 Å². The van der Waals surface area contributed by atoms with E-state index in [1.807, 2.05) is 4.90 Å². The summed E-state index contributed by atoms with van der Waals surface area (Å²) in [5.41, 5.74) is 0.762. The van der Waals surface area contributed by atoms with Crippen molar-refractivity contribution in [1.29, 1.82) is 0 Å². The number of carbonyl (C=O) groups excluding carboxylic acids is 1. The summed E-state index contributed by atoms with van der Waals surface area (Å²) in [5, 5.41) is 2.64. The minimum atomic E-state index is -3.74. The second kappa shape index (κ2) is 10.4. The molecule has 0 saturated carbocycles. The number of rotatable bonds is 8. The van der Waals surface area contributed by atoms with Crippen LogP contribution in [0.25, 0.3) is 0 Å². The molecule has 180 valence electrons. The van der Waals surface area contributed by atoms with Gasteiger partial charge in [0.05, 0.1) is 42.6 Å². The van der Waals surface area contributed by atoms with Crippen molar-refractivity contribution in [2.24, 2.45) is 0 Å². The van der Waals surface area contributed by atoms with Gasteiger partial charge in [0, 0.05) is 52.5 Å².